The molecule has 5 heteroatoms. The van der Waals surface area contributed by atoms with Gasteiger partial charge in [0, 0.05) is 11.1 Å². The molecule has 1 atom stereocenters. The second-order valence-corrected chi connectivity index (χ2v) is 4.94. The lowest BCUT2D eigenvalue weighted by Crippen LogP contribution is -2.14. The number of halogens is 4. The molecule has 2 N–H and O–H groups in total. The van der Waals surface area contributed by atoms with Crippen molar-refractivity contribution >= 4 is 11.6 Å². The molecule has 0 aliphatic heterocycles. The van der Waals surface area contributed by atoms with Gasteiger partial charge in [-0.15, -0.1) is 0 Å². The number of alkyl halides is 3. The predicted molar refractivity (Wildman–Crippen MR) is 62.8 cm³/mol. The molecule has 0 aliphatic carbocycles. The summed E-state index contributed by atoms with van der Waals surface area (Å²) in [5.74, 6) is 0.318. The first-order valence-electron chi connectivity index (χ1n) is 5.33. The Kier molecular flexibility index (Phi) is 4.44. The monoisotopic (exact) mass is 265 g/mol. The quantitative estimate of drug-likeness (QED) is 0.861. The first-order valence-corrected chi connectivity index (χ1v) is 5.71. The Morgan fingerprint density at radius 2 is 1.82 bits per heavy atom. The van der Waals surface area contributed by atoms with Gasteiger partial charge in [-0.2, -0.15) is 13.2 Å². The smallest absolute Gasteiger partial charge is 0.324 e. The molecule has 0 spiro atoms. The van der Waals surface area contributed by atoms with Crippen LogP contribution >= 0.6 is 11.6 Å². The van der Waals surface area contributed by atoms with Crippen molar-refractivity contribution in [1.29, 1.82) is 0 Å². The van der Waals surface area contributed by atoms with E-state index in [1.54, 1.807) is 0 Å². The molecule has 1 rings (SSSR count). The van der Waals surface area contributed by atoms with Gasteiger partial charge in [0.1, 0.15) is 0 Å². The van der Waals surface area contributed by atoms with Crippen LogP contribution in [0.5, 0.6) is 0 Å². The first kappa shape index (κ1) is 14.3. The summed E-state index contributed by atoms with van der Waals surface area (Å²) in [6.07, 6.45) is -3.77. The van der Waals surface area contributed by atoms with Gasteiger partial charge >= 0.3 is 6.18 Å². The average Bonchev–Trinajstić information content (AvgIpc) is 2.14. The summed E-state index contributed by atoms with van der Waals surface area (Å²) in [5.41, 5.74) is 5.53. The van der Waals surface area contributed by atoms with Crippen LogP contribution in [0.3, 0.4) is 0 Å². The van der Waals surface area contributed by atoms with E-state index < -0.39 is 17.8 Å². The van der Waals surface area contributed by atoms with Gasteiger partial charge in [0.05, 0.1) is 5.56 Å². The van der Waals surface area contributed by atoms with Crippen molar-refractivity contribution in [1.82, 2.24) is 0 Å². The highest BCUT2D eigenvalue weighted by molar-refractivity contribution is 6.30. The Labute approximate surface area is 104 Å². The first-order chi connectivity index (χ1) is 7.70. The van der Waals surface area contributed by atoms with Crippen molar-refractivity contribution in [2.24, 2.45) is 11.7 Å². The highest BCUT2D eigenvalue weighted by atomic mass is 35.5. The fourth-order valence-corrected chi connectivity index (χ4v) is 1.88. The van der Waals surface area contributed by atoms with E-state index in [9.17, 15) is 13.2 Å². The fraction of sp³-hybridized carbons (Fsp3) is 0.500. The fourth-order valence-electron chi connectivity index (χ4n) is 1.63. The van der Waals surface area contributed by atoms with E-state index in [0.717, 1.165) is 12.1 Å². The van der Waals surface area contributed by atoms with Gasteiger partial charge in [0.2, 0.25) is 0 Å². The van der Waals surface area contributed by atoms with Crippen molar-refractivity contribution in [2.45, 2.75) is 32.5 Å². The number of benzene rings is 1. The average molecular weight is 266 g/mol. The van der Waals surface area contributed by atoms with Gasteiger partial charge in [0.25, 0.3) is 0 Å². The van der Waals surface area contributed by atoms with Crippen LogP contribution in [0.2, 0.25) is 5.02 Å². The predicted octanol–water partition coefficient (Wildman–Crippen LogP) is 4.40. The Hall–Kier alpha value is -0.740. The number of hydrogen-bond acceptors (Lipinski definition) is 1. The third kappa shape index (κ3) is 4.21. The molecule has 0 unspecified atom stereocenters. The van der Waals surface area contributed by atoms with Gasteiger partial charge in [-0.05, 0) is 36.1 Å². The molecule has 0 heterocycles. The lowest BCUT2D eigenvalue weighted by molar-refractivity contribution is -0.137. The van der Waals surface area contributed by atoms with Crippen molar-refractivity contribution in [3.8, 4) is 0 Å². The molecule has 0 bridgehead atoms. The molecular weight excluding hydrogens is 251 g/mol. The zero-order valence-electron chi connectivity index (χ0n) is 9.68. The standard InChI is InChI=1S/C12H15ClF3N/c1-7(2)3-11(17)8-4-9(12(14,15)16)6-10(13)5-8/h4-7,11H,3,17H2,1-2H3/t11-/m0/s1. The molecule has 1 aromatic carbocycles. The highest BCUT2D eigenvalue weighted by Gasteiger charge is 2.31. The van der Waals surface area contributed by atoms with Gasteiger partial charge in [-0.1, -0.05) is 25.4 Å². The Bertz CT molecular complexity index is 388. The van der Waals surface area contributed by atoms with Crippen LogP contribution in [0.1, 0.15) is 37.4 Å². The number of hydrogen-bond donors (Lipinski definition) is 1. The molecule has 0 aliphatic rings. The highest BCUT2D eigenvalue weighted by Crippen LogP contribution is 2.33. The molecule has 1 nitrogen and oxygen atoms in total. The normalized spacial score (nSPS) is 14.1. The third-order valence-electron chi connectivity index (χ3n) is 2.40. The lowest BCUT2D eigenvalue weighted by Gasteiger charge is -2.17. The van der Waals surface area contributed by atoms with Crippen LogP contribution in [0.15, 0.2) is 18.2 Å². The van der Waals surface area contributed by atoms with Gasteiger partial charge in [-0.3, -0.25) is 0 Å². The van der Waals surface area contributed by atoms with E-state index in [4.69, 9.17) is 17.3 Å². The molecule has 0 saturated carbocycles. The topological polar surface area (TPSA) is 26.0 Å². The molecule has 0 saturated heterocycles. The molecule has 0 fully saturated rings. The summed E-state index contributed by atoms with van der Waals surface area (Å²) in [4.78, 5) is 0. The minimum absolute atomic E-state index is 0.0639. The summed E-state index contributed by atoms with van der Waals surface area (Å²) in [6.45, 7) is 3.93. The number of nitrogens with two attached hydrogens (primary N) is 1. The van der Waals surface area contributed by atoms with Gasteiger partial charge in [0.15, 0.2) is 0 Å². The van der Waals surface area contributed by atoms with Crippen LogP contribution in [-0.4, -0.2) is 0 Å². The van der Waals surface area contributed by atoms with E-state index in [2.05, 4.69) is 0 Å². The summed E-state index contributed by atoms with van der Waals surface area (Å²) in [6, 6.07) is 3.05. The van der Waals surface area contributed by atoms with Crippen LogP contribution in [0.4, 0.5) is 13.2 Å². The summed E-state index contributed by atoms with van der Waals surface area (Å²) >= 11 is 5.68. The molecule has 96 valence electrons. The van der Waals surface area contributed by atoms with Crippen molar-refractivity contribution in [3.05, 3.63) is 34.3 Å². The molecule has 1 aromatic rings. The van der Waals surface area contributed by atoms with E-state index in [1.807, 2.05) is 13.8 Å². The van der Waals surface area contributed by atoms with Crippen LogP contribution < -0.4 is 5.73 Å². The molecule has 0 amide bonds. The zero-order valence-corrected chi connectivity index (χ0v) is 10.4. The minimum atomic E-state index is -4.39. The van der Waals surface area contributed by atoms with Crippen molar-refractivity contribution in [2.75, 3.05) is 0 Å². The van der Waals surface area contributed by atoms with Crippen molar-refractivity contribution < 1.29 is 13.2 Å². The molecule has 17 heavy (non-hydrogen) atoms. The molecular formula is C12H15ClF3N. The molecule has 0 radical (unpaired) electrons. The Morgan fingerprint density at radius 3 is 2.29 bits per heavy atom. The number of rotatable bonds is 3. The minimum Gasteiger partial charge on any atom is -0.324 e. The van der Waals surface area contributed by atoms with E-state index in [-0.39, 0.29) is 5.02 Å². The second-order valence-electron chi connectivity index (χ2n) is 4.51. The Balaban J connectivity index is 3.05. The zero-order chi connectivity index (χ0) is 13.2. The van der Waals surface area contributed by atoms with Crippen molar-refractivity contribution in [3.63, 3.8) is 0 Å². The summed E-state index contributed by atoms with van der Waals surface area (Å²) in [5, 5.41) is 0.0639. The lowest BCUT2D eigenvalue weighted by atomic mass is 9.96. The maximum absolute atomic E-state index is 12.6. The van der Waals surface area contributed by atoms with Crippen LogP contribution in [0, 0.1) is 5.92 Å². The second kappa shape index (κ2) is 5.27. The third-order valence-corrected chi connectivity index (χ3v) is 2.62. The van der Waals surface area contributed by atoms with E-state index >= 15 is 0 Å². The SMILES string of the molecule is CC(C)C[C@H](N)c1cc(Cl)cc(C(F)(F)F)c1. The largest absolute Gasteiger partial charge is 0.416 e. The van der Waals surface area contributed by atoms with Crippen LogP contribution in [-0.2, 0) is 6.18 Å². The summed E-state index contributed by atoms with van der Waals surface area (Å²) < 4.78 is 37.7. The molecule has 0 aromatic heterocycles. The summed E-state index contributed by atoms with van der Waals surface area (Å²) in [7, 11) is 0. The van der Waals surface area contributed by atoms with E-state index in [0.29, 0.717) is 17.9 Å². The Morgan fingerprint density at radius 1 is 1.24 bits per heavy atom. The van der Waals surface area contributed by atoms with Gasteiger partial charge < -0.3 is 5.73 Å². The maximum Gasteiger partial charge on any atom is 0.416 e. The van der Waals surface area contributed by atoms with Crippen LogP contribution in [0.25, 0.3) is 0 Å². The maximum atomic E-state index is 12.6. The van der Waals surface area contributed by atoms with Gasteiger partial charge in [-0.25, -0.2) is 0 Å². The van der Waals surface area contributed by atoms with E-state index in [1.165, 1.54) is 6.07 Å².